The largest absolute Gasteiger partial charge is 0.322 e. The standard InChI is InChI=1S/C20H22N2O2/c1-15(23)17-9-11-18(12-10-17)21-20(24)22-13-5-8-19(22)14-16-6-3-2-4-7-16/h2-4,6-7,9-12,19H,5,8,13-14H2,1H3,(H,21,24). The molecule has 1 N–H and O–H groups in total. The topological polar surface area (TPSA) is 49.4 Å². The number of nitrogens with one attached hydrogen (secondary N) is 1. The average Bonchev–Trinajstić information content (AvgIpc) is 3.04. The van der Waals surface area contributed by atoms with Crippen molar-refractivity contribution in [2.75, 3.05) is 11.9 Å². The van der Waals surface area contributed by atoms with Gasteiger partial charge >= 0.3 is 6.03 Å². The van der Waals surface area contributed by atoms with E-state index in [4.69, 9.17) is 0 Å². The van der Waals surface area contributed by atoms with Crippen LogP contribution in [0, 0.1) is 0 Å². The van der Waals surface area contributed by atoms with E-state index < -0.39 is 0 Å². The van der Waals surface area contributed by atoms with Crippen molar-refractivity contribution in [1.29, 1.82) is 0 Å². The third-order valence-corrected chi connectivity index (χ3v) is 4.49. The van der Waals surface area contributed by atoms with Crippen molar-refractivity contribution in [3.8, 4) is 0 Å². The summed E-state index contributed by atoms with van der Waals surface area (Å²) in [5, 5.41) is 2.94. The monoisotopic (exact) mass is 322 g/mol. The minimum absolute atomic E-state index is 0.0235. The van der Waals surface area contributed by atoms with Crippen molar-refractivity contribution >= 4 is 17.5 Å². The summed E-state index contributed by atoms with van der Waals surface area (Å²) in [5.41, 5.74) is 2.62. The van der Waals surface area contributed by atoms with Gasteiger partial charge in [-0.05, 0) is 56.0 Å². The van der Waals surface area contributed by atoms with Crippen molar-refractivity contribution < 1.29 is 9.59 Å². The minimum atomic E-state index is -0.0657. The molecule has 0 aromatic heterocycles. The molecule has 2 aromatic rings. The molecule has 2 aromatic carbocycles. The lowest BCUT2D eigenvalue weighted by molar-refractivity contribution is 0.101. The zero-order valence-corrected chi connectivity index (χ0v) is 13.9. The molecule has 1 heterocycles. The fraction of sp³-hybridized carbons (Fsp3) is 0.300. The Morgan fingerprint density at radius 1 is 1.08 bits per heavy atom. The first-order valence-electron chi connectivity index (χ1n) is 8.36. The van der Waals surface area contributed by atoms with Crippen LogP contribution in [0.1, 0.15) is 35.7 Å². The van der Waals surface area contributed by atoms with Gasteiger partial charge in [0.15, 0.2) is 5.78 Å². The van der Waals surface area contributed by atoms with E-state index in [1.807, 2.05) is 23.1 Å². The van der Waals surface area contributed by atoms with Crippen LogP contribution in [-0.2, 0) is 6.42 Å². The third kappa shape index (κ3) is 3.82. The highest BCUT2D eigenvalue weighted by Crippen LogP contribution is 2.22. The van der Waals surface area contributed by atoms with E-state index in [2.05, 4.69) is 17.4 Å². The zero-order valence-electron chi connectivity index (χ0n) is 13.9. The lowest BCUT2D eigenvalue weighted by atomic mass is 10.0. The molecule has 1 aliphatic rings. The van der Waals surface area contributed by atoms with Gasteiger partial charge in [-0.15, -0.1) is 0 Å². The Hall–Kier alpha value is -2.62. The van der Waals surface area contributed by atoms with Crippen LogP contribution < -0.4 is 5.32 Å². The molecule has 0 radical (unpaired) electrons. The van der Waals surface area contributed by atoms with Crippen LogP contribution in [0.15, 0.2) is 54.6 Å². The number of urea groups is 1. The van der Waals surface area contributed by atoms with E-state index in [0.29, 0.717) is 5.56 Å². The maximum atomic E-state index is 12.6. The molecule has 1 atom stereocenters. The lowest BCUT2D eigenvalue weighted by Gasteiger charge is -2.25. The molecular formula is C20H22N2O2. The van der Waals surface area contributed by atoms with Crippen LogP contribution in [0.3, 0.4) is 0 Å². The van der Waals surface area contributed by atoms with Gasteiger partial charge in [-0.2, -0.15) is 0 Å². The van der Waals surface area contributed by atoms with Gasteiger partial charge in [0.25, 0.3) is 0 Å². The number of nitrogens with zero attached hydrogens (tertiary/aromatic N) is 1. The first kappa shape index (κ1) is 16.2. The Balaban J connectivity index is 1.64. The normalized spacial score (nSPS) is 16.9. The Kier molecular flexibility index (Phi) is 4.94. The van der Waals surface area contributed by atoms with E-state index in [-0.39, 0.29) is 17.9 Å². The number of hydrogen-bond donors (Lipinski definition) is 1. The summed E-state index contributed by atoms with van der Waals surface area (Å²) in [4.78, 5) is 25.8. The second-order valence-corrected chi connectivity index (χ2v) is 6.24. The summed E-state index contributed by atoms with van der Waals surface area (Å²) in [6.45, 7) is 2.32. The highest BCUT2D eigenvalue weighted by Gasteiger charge is 2.28. The van der Waals surface area contributed by atoms with Gasteiger partial charge in [0.1, 0.15) is 0 Å². The van der Waals surface area contributed by atoms with E-state index >= 15 is 0 Å². The van der Waals surface area contributed by atoms with E-state index in [1.165, 1.54) is 12.5 Å². The number of Topliss-reactive ketones (excluding diaryl/α,β-unsaturated/α-hetero) is 1. The smallest absolute Gasteiger partial charge is 0.321 e. The van der Waals surface area contributed by atoms with Gasteiger partial charge in [0, 0.05) is 23.8 Å². The first-order valence-corrected chi connectivity index (χ1v) is 8.36. The fourth-order valence-corrected chi connectivity index (χ4v) is 3.19. The average molecular weight is 322 g/mol. The molecule has 1 aliphatic heterocycles. The van der Waals surface area contributed by atoms with E-state index in [1.54, 1.807) is 24.3 Å². The minimum Gasteiger partial charge on any atom is -0.321 e. The third-order valence-electron chi connectivity index (χ3n) is 4.49. The molecular weight excluding hydrogens is 300 g/mol. The SMILES string of the molecule is CC(=O)c1ccc(NC(=O)N2CCCC2Cc2ccccc2)cc1. The molecule has 0 spiro atoms. The van der Waals surface area contributed by atoms with Crippen molar-refractivity contribution in [2.24, 2.45) is 0 Å². The number of benzene rings is 2. The highest BCUT2D eigenvalue weighted by molar-refractivity contribution is 5.95. The molecule has 0 aliphatic carbocycles. The summed E-state index contributed by atoms with van der Waals surface area (Å²) in [6, 6.07) is 17.5. The lowest BCUT2D eigenvalue weighted by Crippen LogP contribution is -2.39. The van der Waals surface area contributed by atoms with Gasteiger partial charge < -0.3 is 10.2 Å². The van der Waals surface area contributed by atoms with E-state index in [9.17, 15) is 9.59 Å². The van der Waals surface area contributed by atoms with Gasteiger partial charge in [0.2, 0.25) is 0 Å². The molecule has 2 amide bonds. The molecule has 24 heavy (non-hydrogen) atoms. The Labute approximate surface area is 142 Å². The van der Waals surface area contributed by atoms with Crippen molar-refractivity contribution in [2.45, 2.75) is 32.2 Å². The van der Waals surface area contributed by atoms with Gasteiger partial charge in [-0.25, -0.2) is 4.79 Å². The van der Waals surface area contributed by atoms with Crippen LogP contribution in [0.4, 0.5) is 10.5 Å². The number of hydrogen-bond acceptors (Lipinski definition) is 2. The molecule has 0 saturated carbocycles. The number of rotatable bonds is 4. The Bertz CT molecular complexity index is 710. The van der Waals surface area contributed by atoms with Crippen LogP contribution >= 0.6 is 0 Å². The Morgan fingerprint density at radius 2 is 1.79 bits per heavy atom. The number of carbonyl (C=O) groups excluding carboxylic acids is 2. The van der Waals surface area contributed by atoms with Crippen LogP contribution in [0.5, 0.6) is 0 Å². The maximum Gasteiger partial charge on any atom is 0.322 e. The predicted molar refractivity (Wildman–Crippen MR) is 95.3 cm³/mol. The highest BCUT2D eigenvalue weighted by atomic mass is 16.2. The number of anilines is 1. The molecule has 1 fully saturated rings. The van der Waals surface area contributed by atoms with Crippen LogP contribution in [0.2, 0.25) is 0 Å². The maximum absolute atomic E-state index is 12.6. The Morgan fingerprint density at radius 3 is 2.46 bits per heavy atom. The molecule has 0 bridgehead atoms. The second-order valence-electron chi connectivity index (χ2n) is 6.24. The fourth-order valence-electron chi connectivity index (χ4n) is 3.19. The van der Waals surface area contributed by atoms with Crippen LogP contribution in [-0.4, -0.2) is 29.3 Å². The second kappa shape index (κ2) is 7.30. The molecule has 1 saturated heterocycles. The number of ketones is 1. The number of amides is 2. The number of likely N-dealkylation sites (tertiary alicyclic amines) is 1. The van der Waals surface area contributed by atoms with Gasteiger partial charge in [-0.1, -0.05) is 30.3 Å². The van der Waals surface area contributed by atoms with Crippen molar-refractivity contribution in [3.05, 3.63) is 65.7 Å². The van der Waals surface area contributed by atoms with Crippen molar-refractivity contribution in [1.82, 2.24) is 4.90 Å². The molecule has 124 valence electrons. The first-order chi connectivity index (χ1) is 11.6. The van der Waals surface area contributed by atoms with Gasteiger partial charge in [0.05, 0.1) is 0 Å². The molecule has 4 heteroatoms. The van der Waals surface area contributed by atoms with E-state index in [0.717, 1.165) is 31.5 Å². The summed E-state index contributed by atoms with van der Waals surface area (Å²) in [5.74, 6) is 0.0235. The van der Waals surface area contributed by atoms with Crippen molar-refractivity contribution in [3.63, 3.8) is 0 Å². The quantitative estimate of drug-likeness (QED) is 0.861. The number of carbonyl (C=O) groups is 2. The summed E-state index contributed by atoms with van der Waals surface area (Å²) >= 11 is 0. The molecule has 4 nitrogen and oxygen atoms in total. The van der Waals surface area contributed by atoms with Gasteiger partial charge in [-0.3, -0.25) is 4.79 Å². The van der Waals surface area contributed by atoms with Crippen LogP contribution in [0.25, 0.3) is 0 Å². The summed E-state index contributed by atoms with van der Waals surface area (Å²) < 4.78 is 0. The predicted octanol–water partition coefficient (Wildman–Crippen LogP) is 4.13. The molecule has 3 rings (SSSR count). The molecule has 1 unspecified atom stereocenters. The summed E-state index contributed by atoms with van der Waals surface area (Å²) in [6.07, 6.45) is 2.96. The summed E-state index contributed by atoms with van der Waals surface area (Å²) in [7, 11) is 0. The zero-order chi connectivity index (χ0) is 16.9.